The Kier molecular flexibility index (Phi) is 8.59. The van der Waals surface area contributed by atoms with Gasteiger partial charge >= 0.3 is 0 Å². The molecule has 0 saturated carbocycles. The maximum absolute atomic E-state index is 5.47. The molecule has 2 aromatic heterocycles. The molecule has 0 spiro atoms. The number of rotatable bonds is 5. The lowest BCUT2D eigenvalue weighted by Crippen LogP contribution is -1.97. The minimum Gasteiger partial charge on any atom is -0.247 e. The second-order valence-electron chi connectivity index (χ2n) is 17.9. The number of para-hydroxylation sites is 1. The molecule has 0 aliphatic heterocycles. The average molecular weight is 862 g/mol. The van der Waals surface area contributed by atoms with E-state index in [0.717, 1.165) is 77.5 Å². The Bertz CT molecular complexity index is 4240. The largest absolute Gasteiger partial charge is 0.247 e. The van der Waals surface area contributed by atoms with Gasteiger partial charge in [-0.25, -0.2) is 15.0 Å². The van der Waals surface area contributed by atoms with E-state index < -0.39 is 0 Å². The minimum atomic E-state index is 0.677. The first-order valence-corrected chi connectivity index (χ1v) is 23.3. The van der Waals surface area contributed by atoms with E-state index in [9.17, 15) is 0 Å². The van der Waals surface area contributed by atoms with Gasteiger partial charge < -0.3 is 0 Å². The third-order valence-corrected chi connectivity index (χ3v) is 14.0. The molecule has 0 saturated heterocycles. The molecular weight excluding hydrogens is 823 g/mol. The van der Waals surface area contributed by atoms with Crippen LogP contribution < -0.4 is 0 Å². The average Bonchev–Trinajstić information content (AvgIpc) is 3.41. The normalized spacial score (nSPS) is 11.8. The summed E-state index contributed by atoms with van der Waals surface area (Å²) in [7, 11) is 0. The summed E-state index contributed by atoms with van der Waals surface area (Å²) in [4.78, 5) is 16.3. The van der Waals surface area contributed by atoms with Gasteiger partial charge in [-0.15, -0.1) is 0 Å². The summed E-state index contributed by atoms with van der Waals surface area (Å²) in [6.45, 7) is 0. The standard InChI is InChI=1S/C65H39N3/c1-2-16-43-35-46(34-29-40(43)15-1)64-59-38-56(53-25-11-12-26-54(53)63(59)55-27-13-14-28-60(55)66-64)41-30-32-42(33-31-41)65-67-61(57-36-44-17-3-5-19-47(44)49-21-7-9-23-51(49)57)39-62(68-65)58-37-45-18-4-6-20-48(45)50-22-8-10-24-52(50)58/h1-39H. The zero-order valence-corrected chi connectivity index (χ0v) is 36.9. The molecule has 0 atom stereocenters. The van der Waals surface area contributed by atoms with Gasteiger partial charge in [0.05, 0.1) is 22.6 Å². The van der Waals surface area contributed by atoms with Crippen molar-refractivity contribution in [2.75, 3.05) is 0 Å². The molecule has 314 valence electrons. The highest BCUT2D eigenvalue weighted by molar-refractivity contribution is 6.25. The fourth-order valence-electron chi connectivity index (χ4n) is 10.8. The highest BCUT2D eigenvalue weighted by atomic mass is 14.9. The van der Waals surface area contributed by atoms with Gasteiger partial charge in [0.1, 0.15) is 0 Å². The lowest BCUT2D eigenvalue weighted by atomic mass is 9.89. The lowest BCUT2D eigenvalue weighted by Gasteiger charge is -2.17. The van der Waals surface area contributed by atoms with Crippen LogP contribution in [0.15, 0.2) is 237 Å². The molecule has 68 heavy (non-hydrogen) atoms. The molecule has 0 fully saturated rings. The van der Waals surface area contributed by atoms with Crippen LogP contribution in [0.3, 0.4) is 0 Å². The molecule has 0 aliphatic carbocycles. The Balaban J connectivity index is 0.982. The van der Waals surface area contributed by atoms with Crippen molar-refractivity contribution in [3.8, 4) is 56.3 Å². The molecule has 0 amide bonds. The Morgan fingerprint density at radius 3 is 1.31 bits per heavy atom. The van der Waals surface area contributed by atoms with Crippen LogP contribution in [-0.2, 0) is 0 Å². The second kappa shape index (κ2) is 15.3. The third kappa shape index (κ3) is 6.10. The molecule has 0 bridgehead atoms. The van der Waals surface area contributed by atoms with E-state index >= 15 is 0 Å². The molecule has 3 nitrogen and oxygen atoms in total. The number of fused-ring (bicyclic) bond motifs is 12. The Labute approximate surface area is 392 Å². The summed E-state index contributed by atoms with van der Waals surface area (Å²) >= 11 is 0. The van der Waals surface area contributed by atoms with E-state index in [-0.39, 0.29) is 0 Å². The summed E-state index contributed by atoms with van der Waals surface area (Å²) in [6, 6.07) is 85.3. The topological polar surface area (TPSA) is 38.7 Å². The number of pyridine rings is 1. The van der Waals surface area contributed by atoms with Gasteiger partial charge in [-0.1, -0.05) is 200 Å². The highest BCUT2D eigenvalue weighted by Crippen LogP contribution is 2.44. The maximum Gasteiger partial charge on any atom is 0.160 e. The summed E-state index contributed by atoms with van der Waals surface area (Å²) in [5.74, 6) is 0.677. The first kappa shape index (κ1) is 38.2. The maximum atomic E-state index is 5.47. The van der Waals surface area contributed by atoms with Crippen LogP contribution in [0.4, 0.5) is 0 Å². The van der Waals surface area contributed by atoms with E-state index in [2.05, 4.69) is 237 Å². The molecular formula is C65H39N3. The zero-order chi connectivity index (χ0) is 44.7. The fourth-order valence-corrected chi connectivity index (χ4v) is 10.8. The number of hydrogen-bond donors (Lipinski definition) is 0. The lowest BCUT2D eigenvalue weighted by molar-refractivity contribution is 1.19. The van der Waals surface area contributed by atoms with Crippen LogP contribution in [0.5, 0.6) is 0 Å². The van der Waals surface area contributed by atoms with Gasteiger partial charge in [-0.3, -0.25) is 0 Å². The van der Waals surface area contributed by atoms with Crippen LogP contribution in [0.2, 0.25) is 0 Å². The van der Waals surface area contributed by atoms with Crippen LogP contribution in [-0.4, -0.2) is 15.0 Å². The predicted molar refractivity (Wildman–Crippen MR) is 287 cm³/mol. The highest BCUT2D eigenvalue weighted by Gasteiger charge is 2.20. The number of hydrogen-bond acceptors (Lipinski definition) is 3. The number of nitrogens with zero attached hydrogens (tertiary/aromatic N) is 3. The summed E-state index contributed by atoms with van der Waals surface area (Å²) in [5.41, 5.74) is 10.2. The zero-order valence-electron chi connectivity index (χ0n) is 36.9. The van der Waals surface area contributed by atoms with Gasteiger partial charge in [0.25, 0.3) is 0 Å². The van der Waals surface area contributed by atoms with Crippen LogP contribution in [0.1, 0.15) is 0 Å². The summed E-state index contributed by atoms with van der Waals surface area (Å²) < 4.78 is 0. The van der Waals surface area contributed by atoms with E-state index in [4.69, 9.17) is 15.0 Å². The molecule has 14 rings (SSSR count). The van der Waals surface area contributed by atoms with Gasteiger partial charge in [0.15, 0.2) is 5.82 Å². The summed E-state index contributed by atoms with van der Waals surface area (Å²) in [6.07, 6.45) is 0. The van der Waals surface area contributed by atoms with Crippen molar-refractivity contribution < 1.29 is 0 Å². The van der Waals surface area contributed by atoms with Crippen LogP contribution in [0.25, 0.3) is 143 Å². The first-order valence-electron chi connectivity index (χ1n) is 23.3. The fraction of sp³-hybridized carbons (Fsp3) is 0. The number of benzene rings is 12. The molecule has 2 heterocycles. The smallest absolute Gasteiger partial charge is 0.160 e. The second-order valence-corrected chi connectivity index (χ2v) is 17.9. The van der Waals surface area contributed by atoms with Gasteiger partial charge in [0.2, 0.25) is 0 Å². The van der Waals surface area contributed by atoms with Crippen LogP contribution >= 0.6 is 0 Å². The molecule has 3 heteroatoms. The molecule has 0 N–H and O–H groups in total. The first-order chi connectivity index (χ1) is 33.7. The van der Waals surface area contributed by atoms with E-state index in [1.807, 2.05) is 0 Å². The van der Waals surface area contributed by atoms with Gasteiger partial charge in [0, 0.05) is 38.4 Å². The Morgan fingerprint density at radius 1 is 0.235 bits per heavy atom. The van der Waals surface area contributed by atoms with Crippen molar-refractivity contribution >= 4 is 86.3 Å². The summed E-state index contributed by atoms with van der Waals surface area (Å²) in [5, 5.41) is 17.9. The Hall–Kier alpha value is -9.05. The monoisotopic (exact) mass is 861 g/mol. The van der Waals surface area contributed by atoms with E-state index in [1.165, 1.54) is 59.2 Å². The van der Waals surface area contributed by atoms with Crippen molar-refractivity contribution in [1.82, 2.24) is 15.0 Å². The number of aromatic nitrogens is 3. The third-order valence-electron chi connectivity index (χ3n) is 14.0. The minimum absolute atomic E-state index is 0.677. The van der Waals surface area contributed by atoms with Crippen molar-refractivity contribution in [3.05, 3.63) is 237 Å². The van der Waals surface area contributed by atoms with Gasteiger partial charge in [-0.2, -0.15) is 0 Å². The van der Waals surface area contributed by atoms with Crippen molar-refractivity contribution in [2.45, 2.75) is 0 Å². The van der Waals surface area contributed by atoms with E-state index in [0.29, 0.717) is 5.82 Å². The van der Waals surface area contributed by atoms with Crippen molar-refractivity contribution in [3.63, 3.8) is 0 Å². The molecule has 14 aromatic rings. The van der Waals surface area contributed by atoms with E-state index in [1.54, 1.807) is 0 Å². The SMILES string of the molecule is c1ccc2cc(-c3nc4ccccc4c4c3cc(-c3ccc(-c5nc(-c6cc7ccccc7c7ccccc67)cc(-c6cc7ccccc7c7ccccc67)n5)cc3)c3ccccc34)ccc2c1. The quantitative estimate of drug-likeness (QED) is 0.162. The molecule has 12 aromatic carbocycles. The van der Waals surface area contributed by atoms with Crippen molar-refractivity contribution in [2.24, 2.45) is 0 Å². The van der Waals surface area contributed by atoms with Gasteiger partial charge in [-0.05, 0) is 112 Å². The van der Waals surface area contributed by atoms with Crippen molar-refractivity contribution in [1.29, 1.82) is 0 Å². The molecule has 0 unspecified atom stereocenters. The Morgan fingerprint density at radius 2 is 0.691 bits per heavy atom. The predicted octanol–water partition coefficient (Wildman–Crippen LogP) is 17.4. The van der Waals surface area contributed by atoms with Crippen LogP contribution in [0, 0.1) is 0 Å². The molecule has 0 radical (unpaired) electrons. The molecule has 0 aliphatic rings.